The third-order valence-corrected chi connectivity index (χ3v) is 5.28. The molecular formula is C24H21ClN2O. The molecule has 0 saturated carbocycles. The average Bonchev–Trinajstić information content (AvgIpc) is 2.74. The minimum atomic E-state index is -0.0862. The van der Waals surface area contributed by atoms with Gasteiger partial charge in [0.15, 0.2) is 0 Å². The van der Waals surface area contributed by atoms with E-state index in [2.05, 4.69) is 11.4 Å². The first-order valence-electron chi connectivity index (χ1n) is 9.41. The first-order chi connectivity index (χ1) is 13.6. The van der Waals surface area contributed by atoms with Gasteiger partial charge in [-0.15, -0.1) is 0 Å². The number of hydrogen-bond acceptors (Lipinski definition) is 2. The summed E-state index contributed by atoms with van der Waals surface area (Å²) in [5.74, 6) is -0.0862. The van der Waals surface area contributed by atoms with Crippen LogP contribution in [0.25, 0.3) is 0 Å². The molecule has 3 aromatic rings. The zero-order valence-electron chi connectivity index (χ0n) is 15.7. The number of nitrogens with one attached hydrogen (secondary N) is 1. The van der Waals surface area contributed by atoms with Crippen LogP contribution in [-0.2, 0) is 6.42 Å². The maximum atomic E-state index is 12.6. The molecule has 4 rings (SSSR count). The van der Waals surface area contributed by atoms with E-state index in [1.807, 2.05) is 73.7 Å². The Bertz CT molecular complexity index is 1030. The minimum Gasteiger partial charge on any atom is -0.346 e. The largest absolute Gasteiger partial charge is 0.346 e. The van der Waals surface area contributed by atoms with Crippen molar-refractivity contribution < 1.29 is 4.79 Å². The second-order valence-corrected chi connectivity index (χ2v) is 7.40. The fourth-order valence-corrected chi connectivity index (χ4v) is 3.66. The highest BCUT2D eigenvalue weighted by Crippen LogP contribution is 2.24. The van der Waals surface area contributed by atoms with E-state index in [1.165, 1.54) is 5.56 Å². The number of fused-ring (bicyclic) bond motifs is 1. The van der Waals surface area contributed by atoms with Crippen molar-refractivity contribution in [3.05, 3.63) is 106 Å². The second-order valence-electron chi connectivity index (χ2n) is 6.96. The Morgan fingerprint density at radius 2 is 1.79 bits per heavy atom. The van der Waals surface area contributed by atoms with Crippen LogP contribution >= 0.6 is 11.6 Å². The Morgan fingerprint density at radius 1 is 1.04 bits per heavy atom. The molecule has 0 fully saturated rings. The van der Waals surface area contributed by atoms with Gasteiger partial charge in [0.1, 0.15) is 0 Å². The molecule has 0 bridgehead atoms. The summed E-state index contributed by atoms with van der Waals surface area (Å²) in [7, 11) is 0. The number of halogens is 1. The molecule has 3 aromatic carbocycles. The molecule has 1 amide bonds. The van der Waals surface area contributed by atoms with Gasteiger partial charge in [0.05, 0.1) is 11.8 Å². The Labute approximate surface area is 170 Å². The van der Waals surface area contributed by atoms with Crippen molar-refractivity contribution in [2.24, 2.45) is 4.99 Å². The van der Waals surface area contributed by atoms with Crippen LogP contribution in [-0.4, -0.2) is 18.2 Å². The third-order valence-electron chi connectivity index (χ3n) is 5.05. The van der Waals surface area contributed by atoms with Crippen molar-refractivity contribution >= 4 is 23.2 Å². The van der Waals surface area contributed by atoms with Crippen molar-refractivity contribution in [3.8, 4) is 0 Å². The van der Waals surface area contributed by atoms with Crippen LogP contribution in [0, 0.1) is 0 Å². The first-order valence-corrected chi connectivity index (χ1v) is 9.79. The summed E-state index contributed by atoms with van der Waals surface area (Å²) in [5.41, 5.74) is 5.98. The smallest absolute Gasteiger partial charge is 0.251 e. The van der Waals surface area contributed by atoms with E-state index in [0.717, 1.165) is 35.4 Å². The van der Waals surface area contributed by atoms with Crippen LogP contribution in [0.4, 0.5) is 0 Å². The summed E-state index contributed by atoms with van der Waals surface area (Å²) >= 11 is 6.19. The molecule has 1 atom stereocenters. The quantitative estimate of drug-likeness (QED) is 0.653. The Hall–Kier alpha value is -2.91. The molecule has 3 nitrogen and oxygen atoms in total. The lowest BCUT2D eigenvalue weighted by molar-refractivity contribution is 0.0940. The molecule has 1 heterocycles. The molecule has 0 radical (unpaired) electrons. The summed E-state index contributed by atoms with van der Waals surface area (Å²) < 4.78 is 0. The van der Waals surface area contributed by atoms with E-state index < -0.39 is 0 Å². The maximum absolute atomic E-state index is 12.6. The lowest BCUT2D eigenvalue weighted by Crippen LogP contribution is -2.26. The molecule has 1 N–H and O–H groups in total. The maximum Gasteiger partial charge on any atom is 0.251 e. The molecule has 28 heavy (non-hydrogen) atoms. The lowest BCUT2D eigenvalue weighted by Gasteiger charge is -2.18. The van der Waals surface area contributed by atoms with Crippen LogP contribution in [0.2, 0.25) is 5.02 Å². The minimum absolute atomic E-state index is 0.0508. The van der Waals surface area contributed by atoms with Crippen molar-refractivity contribution in [2.75, 3.05) is 6.54 Å². The van der Waals surface area contributed by atoms with Crippen molar-refractivity contribution in [1.29, 1.82) is 0 Å². The average molecular weight is 389 g/mol. The van der Waals surface area contributed by atoms with Gasteiger partial charge in [-0.05, 0) is 48.7 Å². The molecule has 1 aliphatic heterocycles. The summed E-state index contributed by atoms with van der Waals surface area (Å²) in [5, 5.41) is 3.76. The fourth-order valence-electron chi connectivity index (χ4n) is 3.49. The van der Waals surface area contributed by atoms with Gasteiger partial charge >= 0.3 is 0 Å². The third kappa shape index (κ3) is 3.85. The standard InChI is InChI=1S/C24H21ClN2O/c1-16(17-5-3-2-4-6-17)27-24(28)20-9-7-19(8-10-20)23-22-15-21(25)12-11-18(22)13-14-26-23/h2-12,15-16H,13-14H2,1H3,(H,27,28). The van der Waals surface area contributed by atoms with Gasteiger partial charge in [0, 0.05) is 28.3 Å². The number of benzene rings is 3. The van der Waals surface area contributed by atoms with E-state index in [9.17, 15) is 4.79 Å². The number of carbonyl (C=O) groups excluding carboxylic acids is 1. The highest BCUT2D eigenvalue weighted by Gasteiger charge is 2.17. The molecule has 0 saturated heterocycles. The van der Waals surface area contributed by atoms with Crippen molar-refractivity contribution in [1.82, 2.24) is 5.32 Å². The van der Waals surface area contributed by atoms with E-state index >= 15 is 0 Å². The summed E-state index contributed by atoms with van der Waals surface area (Å²) in [6.45, 7) is 2.75. The number of nitrogens with zero attached hydrogens (tertiary/aromatic N) is 1. The normalized spacial score (nSPS) is 14.0. The Morgan fingerprint density at radius 3 is 2.54 bits per heavy atom. The van der Waals surface area contributed by atoms with E-state index in [0.29, 0.717) is 10.6 Å². The van der Waals surface area contributed by atoms with Gasteiger partial charge < -0.3 is 5.32 Å². The fraction of sp³-hybridized carbons (Fsp3) is 0.167. The molecule has 0 aromatic heterocycles. The Kier molecular flexibility index (Phi) is 5.27. The summed E-state index contributed by atoms with van der Waals surface area (Å²) in [6.07, 6.45) is 0.924. The molecular weight excluding hydrogens is 368 g/mol. The molecule has 0 aliphatic carbocycles. The van der Waals surface area contributed by atoms with Crippen molar-refractivity contribution in [2.45, 2.75) is 19.4 Å². The molecule has 0 spiro atoms. The SMILES string of the molecule is CC(NC(=O)c1ccc(C2=NCCc3ccc(Cl)cc32)cc1)c1ccccc1. The van der Waals surface area contributed by atoms with Crippen molar-refractivity contribution in [3.63, 3.8) is 0 Å². The number of hydrogen-bond donors (Lipinski definition) is 1. The van der Waals surface area contributed by atoms with E-state index in [4.69, 9.17) is 16.6 Å². The predicted octanol–water partition coefficient (Wildman–Crippen LogP) is 5.22. The zero-order chi connectivity index (χ0) is 19.5. The highest BCUT2D eigenvalue weighted by atomic mass is 35.5. The van der Waals surface area contributed by atoms with Gasteiger partial charge in [-0.1, -0.05) is 60.1 Å². The molecule has 140 valence electrons. The Balaban J connectivity index is 1.52. The number of aliphatic imine (C=N–C) groups is 1. The van der Waals surface area contributed by atoms with Crippen LogP contribution in [0.1, 0.15) is 45.6 Å². The number of amides is 1. The van der Waals surface area contributed by atoms with Crippen LogP contribution in [0.15, 0.2) is 77.8 Å². The van der Waals surface area contributed by atoms with Crippen LogP contribution in [0.3, 0.4) is 0 Å². The number of rotatable bonds is 4. The van der Waals surface area contributed by atoms with Crippen LogP contribution < -0.4 is 5.32 Å². The first kappa shape index (κ1) is 18.5. The predicted molar refractivity (Wildman–Crippen MR) is 114 cm³/mol. The second kappa shape index (κ2) is 7.99. The highest BCUT2D eigenvalue weighted by molar-refractivity contribution is 6.31. The zero-order valence-corrected chi connectivity index (χ0v) is 16.4. The van der Waals surface area contributed by atoms with Gasteiger partial charge in [-0.2, -0.15) is 0 Å². The van der Waals surface area contributed by atoms with Gasteiger partial charge in [-0.3, -0.25) is 9.79 Å². The lowest BCUT2D eigenvalue weighted by atomic mass is 9.93. The van der Waals surface area contributed by atoms with E-state index in [1.54, 1.807) is 0 Å². The monoisotopic (exact) mass is 388 g/mol. The van der Waals surface area contributed by atoms with Gasteiger partial charge in [0.2, 0.25) is 0 Å². The van der Waals surface area contributed by atoms with E-state index in [-0.39, 0.29) is 11.9 Å². The summed E-state index contributed by atoms with van der Waals surface area (Å²) in [6, 6.07) is 23.5. The number of carbonyl (C=O) groups is 1. The van der Waals surface area contributed by atoms with Gasteiger partial charge in [0.25, 0.3) is 5.91 Å². The van der Waals surface area contributed by atoms with Gasteiger partial charge in [-0.25, -0.2) is 0 Å². The molecule has 4 heteroatoms. The van der Waals surface area contributed by atoms with Crippen LogP contribution in [0.5, 0.6) is 0 Å². The molecule has 1 aliphatic rings. The molecule has 1 unspecified atom stereocenters. The summed E-state index contributed by atoms with van der Waals surface area (Å²) in [4.78, 5) is 17.3. The topological polar surface area (TPSA) is 41.5 Å².